The van der Waals surface area contributed by atoms with Crippen LogP contribution in [0.3, 0.4) is 0 Å². The lowest BCUT2D eigenvalue weighted by Crippen LogP contribution is -3.00. The van der Waals surface area contributed by atoms with Gasteiger partial charge in [0, 0.05) is 35.4 Å². The molecule has 0 unspecified atom stereocenters. The summed E-state index contributed by atoms with van der Waals surface area (Å²) in [5.74, 6) is 0. The SMILES string of the molecule is CC[N+](CC)(CCCCCn1c(=O)cc(C)n(C)c1=O)Cc1ccccc1Br.[Br-]. The van der Waals surface area contributed by atoms with Crippen LogP contribution in [0.2, 0.25) is 0 Å². The van der Waals surface area contributed by atoms with Crippen LogP contribution in [-0.4, -0.2) is 33.3 Å². The molecule has 2 aromatic rings. The molecule has 1 aromatic heterocycles. The molecule has 0 radical (unpaired) electrons. The average molecular weight is 531 g/mol. The Morgan fingerprint density at radius 2 is 1.69 bits per heavy atom. The fourth-order valence-corrected chi connectivity index (χ4v) is 4.12. The third-order valence-electron chi connectivity index (χ3n) is 5.96. The lowest BCUT2D eigenvalue weighted by Gasteiger charge is -2.37. The van der Waals surface area contributed by atoms with Gasteiger partial charge in [-0.25, -0.2) is 4.79 Å². The third-order valence-corrected chi connectivity index (χ3v) is 6.74. The van der Waals surface area contributed by atoms with Gasteiger partial charge in [0.15, 0.2) is 0 Å². The minimum absolute atomic E-state index is 0. The second-order valence-electron chi connectivity index (χ2n) is 7.63. The van der Waals surface area contributed by atoms with Crippen molar-refractivity contribution < 1.29 is 21.5 Å². The van der Waals surface area contributed by atoms with Crippen LogP contribution in [0.15, 0.2) is 44.4 Å². The van der Waals surface area contributed by atoms with Crippen molar-refractivity contribution >= 4 is 15.9 Å². The minimum atomic E-state index is -0.217. The van der Waals surface area contributed by atoms with E-state index < -0.39 is 0 Å². The van der Waals surface area contributed by atoms with Crippen LogP contribution < -0.4 is 28.2 Å². The molecule has 0 saturated heterocycles. The highest BCUT2D eigenvalue weighted by Gasteiger charge is 2.24. The Morgan fingerprint density at radius 3 is 2.31 bits per heavy atom. The molecule has 1 aromatic carbocycles. The lowest BCUT2D eigenvalue weighted by atomic mass is 10.1. The van der Waals surface area contributed by atoms with Crippen LogP contribution in [0.5, 0.6) is 0 Å². The number of aromatic nitrogens is 2. The number of aryl methyl sites for hydroxylation is 1. The molecule has 0 saturated carbocycles. The Hall–Kier alpha value is -1.18. The van der Waals surface area contributed by atoms with Crippen molar-refractivity contribution in [2.45, 2.75) is 53.1 Å². The van der Waals surface area contributed by atoms with E-state index in [-0.39, 0.29) is 28.2 Å². The van der Waals surface area contributed by atoms with Crippen LogP contribution in [0.1, 0.15) is 44.4 Å². The number of quaternary nitrogens is 1. The maximum absolute atomic E-state index is 12.3. The Kier molecular flexibility index (Phi) is 10.6. The maximum Gasteiger partial charge on any atom is 0.330 e. The van der Waals surface area contributed by atoms with E-state index in [1.54, 1.807) is 14.0 Å². The summed E-state index contributed by atoms with van der Waals surface area (Å²) in [6.07, 6.45) is 2.95. The van der Waals surface area contributed by atoms with Crippen molar-refractivity contribution in [3.05, 3.63) is 66.9 Å². The number of halogens is 2. The second kappa shape index (κ2) is 11.9. The number of rotatable bonds is 10. The van der Waals surface area contributed by atoms with E-state index in [1.807, 2.05) is 0 Å². The highest BCUT2D eigenvalue weighted by Crippen LogP contribution is 2.22. The molecule has 5 nitrogen and oxygen atoms in total. The van der Waals surface area contributed by atoms with Gasteiger partial charge in [-0.2, -0.15) is 0 Å². The molecule has 7 heteroatoms. The van der Waals surface area contributed by atoms with Crippen LogP contribution in [0.4, 0.5) is 0 Å². The zero-order chi connectivity index (χ0) is 20.7. The van der Waals surface area contributed by atoms with Crippen molar-refractivity contribution in [3.8, 4) is 0 Å². The van der Waals surface area contributed by atoms with Gasteiger partial charge in [0.05, 0.1) is 19.6 Å². The van der Waals surface area contributed by atoms with Gasteiger partial charge in [-0.05, 0) is 46.1 Å². The summed E-state index contributed by atoms with van der Waals surface area (Å²) in [6.45, 7) is 11.1. The van der Waals surface area contributed by atoms with Crippen molar-refractivity contribution in [3.63, 3.8) is 0 Å². The summed E-state index contributed by atoms with van der Waals surface area (Å²) in [6, 6.07) is 9.99. The summed E-state index contributed by atoms with van der Waals surface area (Å²) in [7, 11) is 1.71. The zero-order valence-corrected chi connectivity index (χ0v) is 21.1. The van der Waals surface area contributed by atoms with Gasteiger partial charge in [0.2, 0.25) is 0 Å². The molecule has 0 atom stereocenters. The Morgan fingerprint density at radius 1 is 1.03 bits per heavy atom. The largest absolute Gasteiger partial charge is 1.00 e. The molecule has 0 spiro atoms. The molecule has 2 rings (SSSR count). The molecular formula is C22H33Br2N3O2. The van der Waals surface area contributed by atoms with E-state index in [9.17, 15) is 9.59 Å². The van der Waals surface area contributed by atoms with Crippen molar-refractivity contribution in [1.82, 2.24) is 9.13 Å². The monoisotopic (exact) mass is 529 g/mol. The predicted octanol–water partition coefficient (Wildman–Crippen LogP) is 0.849. The first kappa shape index (κ1) is 25.9. The highest BCUT2D eigenvalue weighted by molar-refractivity contribution is 9.10. The molecule has 0 aliphatic rings. The highest BCUT2D eigenvalue weighted by atomic mass is 79.9. The summed E-state index contributed by atoms with van der Waals surface area (Å²) >= 11 is 3.68. The van der Waals surface area contributed by atoms with Crippen molar-refractivity contribution in [2.24, 2.45) is 7.05 Å². The number of hydrogen-bond acceptors (Lipinski definition) is 2. The quantitative estimate of drug-likeness (QED) is 0.337. The fourth-order valence-electron chi connectivity index (χ4n) is 3.71. The molecule has 29 heavy (non-hydrogen) atoms. The molecule has 1 heterocycles. The normalized spacial score (nSPS) is 11.3. The molecule has 0 amide bonds. The van der Waals surface area contributed by atoms with E-state index >= 15 is 0 Å². The van der Waals surface area contributed by atoms with E-state index in [1.165, 1.54) is 25.2 Å². The van der Waals surface area contributed by atoms with E-state index in [4.69, 9.17) is 0 Å². The Bertz CT molecular complexity index is 902. The predicted molar refractivity (Wildman–Crippen MR) is 119 cm³/mol. The first-order valence-electron chi connectivity index (χ1n) is 10.2. The summed E-state index contributed by atoms with van der Waals surface area (Å²) in [4.78, 5) is 24.4. The smallest absolute Gasteiger partial charge is 0.330 e. The molecule has 0 aliphatic carbocycles. The Labute approximate surface area is 192 Å². The van der Waals surface area contributed by atoms with Gasteiger partial charge < -0.3 is 26.0 Å². The van der Waals surface area contributed by atoms with Crippen LogP contribution >= 0.6 is 15.9 Å². The topological polar surface area (TPSA) is 44.0 Å². The van der Waals surface area contributed by atoms with Crippen LogP contribution in [-0.2, 0) is 20.1 Å². The lowest BCUT2D eigenvalue weighted by molar-refractivity contribution is -0.938. The Balaban J connectivity index is 0.00000420. The number of hydrogen-bond donors (Lipinski definition) is 0. The maximum atomic E-state index is 12.3. The number of benzene rings is 1. The third kappa shape index (κ3) is 6.66. The fraction of sp³-hybridized carbons (Fsp3) is 0.545. The van der Waals surface area contributed by atoms with Gasteiger partial charge in [-0.3, -0.25) is 9.36 Å². The van der Waals surface area contributed by atoms with Crippen LogP contribution in [0.25, 0.3) is 0 Å². The first-order valence-corrected chi connectivity index (χ1v) is 11.0. The minimum Gasteiger partial charge on any atom is -1.00 e. The number of unbranched alkanes of at least 4 members (excludes halogenated alkanes) is 2. The second-order valence-corrected chi connectivity index (χ2v) is 8.48. The number of nitrogens with zero attached hydrogens (tertiary/aromatic N) is 3. The van der Waals surface area contributed by atoms with E-state index in [0.717, 1.165) is 49.9 Å². The molecular weight excluding hydrogens is 498 g/mol. The molecule has 0 fully saturated rings. The van der Waals surface area contributed by atoms with Gasteiger partial charge in [-0.15, -0.1) is 0 Å². The molecule has 0 N–H and O–H groups in total. The van der Waals surface area contributed by atoms with Gasteiger partial charge in [-0.1, -0.05) is 34.1 Å². The molecule has 0 aliphatic heterocycles. The summed E-state index contributed by atoms with van der Waals surface area (Å²) in [5.41, 5.74) is 1.64. The zero-order valence-electron chi connectivity index (χ0n) is 18.0. The van der Waals surface area contributed by atoms with Gasteiger partial charge in [0.1, 0.15) is 6.54 Å². The van der Waals surface area contributed by atoms with Crippen molar-refractivity contribution in [2.75, 3.05) is 19.6 Å². The summed E-state index contributed by atoms with van der Waals surface area (Å²) in [5, 5.41) is 0. The molecule has 0 bridgehead atoms. The molecule has 162 valence electrons. The average Bonchev–Trinajstić information content (AvgIpc) is 2.69. The standard InChI is InChI=1S/C22H33BrN3O2.BrH/c1-5-26(6-2,17-19-12-8-9-13-20(19)23)15-11-7-10-14-25-21(27)16-18(3)24(4)22(25)28;/h8-9,12-13,16H,5-7,10-11,14-15,17H2,1-4H3;1H/q+1;/p-1. The van der Waals surface area contributed by atoms with Crippen LogP contribution in [0, 0.1) is 6.92 Å². The first-order chi connectivity index (χ1) is 13.3. The summed E-state index contributed by atoms with van der Waals surface area (Å²) < 4.78 is 5.12. The van der Waals surface area contributed by atoms with Gasteiger partial charge in [0.25, 0.3) is 5.56 Å². The van der Waals surface area contributed by atoms with Gasteiger partial charge >= 0.3 is 5.69 Å². The van der Waals surface area contributed by atoms with E-state index in [2.05, 4.69) is 54.0 Å². The van der Waals surface area contributed by atoms with E-state index in [0.29, 0.717) is 12.2 Å². The van der Waals surface area contributed by atoms with Crippen molar-refractivity contribution in [1.29, 1.82) is 0 Å².